The van der Waals surface area contributed by atoms with E-state index < -0.39 is 6.23 Å². The normalized spacial score (nSPS) is 19.8. The Hall–Kier alpha value is -0.170. The second-order valence-corrected chi connectivity index (χ2v) is 7.79. The highest BCUT2D eigenvalue weighted by Gasteiger charge is 2.15. The van der Waals surface area contributed by atoms with Gasteiger partial charge < -0.3 is 9.84 Å². The van der Waals surface area contributed by atoms with Crippen molar-refractivity contribution in [1.82, 2.24) is 5.32 Å². The molecule has 0 aromatic rings. The Balaban J connectivity index is 1.90. The van der Waals surface area contributed by atoms with Crippen LogP contribution in [0.4, 0.5) is 0 Å². The summed E-state index contributed by atoms with van der Waals surface area (Å²) in [5, 5.41) is 13.5. The summed E-state index contributed by atoms with van der Waals surface area (Å²) in [6.45, 7) is 5.85. The van der Waals surface area contributed by atoms with E-state index in [1.54, 1.807) is 6.92 Å². The average Bonchev–Trinajstić information content (AvgIpc) is 2.92. The van der Waals surface area contributed by atoms with Gasteiger partial charge in [0.2, 0.25) is 0 Å². The molecule has 116 valence electrons. The van der Waals surface area contributed by atoms with Gasteiger partial charge in [-0.15, -0.1) is 0 Å². The monoisotopic (exact) mass is 319 g/mol. The Morgan fingerprint density at radius 2 is 2.35 bits per heavy atom. The van der Waals surface area contributed by atoms with Crippen LogP contribution in [0.5, 0.6) is 0 Å². The molecule has 0 aromatic heterocycles. The van der Waals surface area contributed by atoms with Gasteiger partial charge in [-0.25, -0.2) is 4.79 Å². The van der Waals surface area contributed by atoms with E-state index in [4.69, 9.17) is 4.74 Å². The number of carbonyl (C=O) groups excluding carboxylic acids is 1. The topological polar surface area (TPSA) is 58.6 Å². The molecule has 4 nitrogen and oxygen atoms in total. The first-order chi connectivity index (χ1) is 9.59. The highest BCUT2D eigenvalue weighted by molar-refractivity contribution is 8.77. The van der Waals surface area contributed by atoms with E-state index in [9.17, 15) is 9.90 Å². The fraction of sp³-hybridized carbons (Fsp3) is 0.786. The van der Waals surface area contributed by atoms with Gasteiger partial charge >= 0.3 is 5.97 Å². The van der Waals surface area contributed by atoms with Crippen LogP contribution in [0.3, 0.4) is 0 Å². The standard InChI is InChI=1S/C14H25NO3S2/c1-11(2)14(17)18-9-8-15-13(16)6-4-3-5-12-7-10-19-20-12/h12-13,15-16H,1,3-10H2,2H3. The summed E-state index contributed by atoms with van der Waals surface area (Å²) < 4.78 is 4.93. The van der Waals surface area contributed by atoms with Crippen LogP contribution < -0.4 is 5.32 Å². The molecule has 1 aliphatic heterocycles. The largest absolute Gasteiger partial charge is 0.461 e. The number of ether oxygens (including phenoxy) is 1. The zero-order chi connectivity index (χ0) is 14.8. The smallest absolute Gasteiger partial charge is 0.333 e. The summed E-state index contributed by atoms with van der Waals surface area (Å²) in [6.07, 6.45) is 5.01. The molecular formula is C14H25NO3S2. The van der Waals surface area contributed by atoms with Crippen LogP contribution in [-0.4, -0.2) is 41.5 Å². The van der Waals surface area contributed by atoms with Crippen molar-refractivity contribution in [1.29, 1.82) is 0 Å². The number of hydrogen-bond donors (Lipinski definition) is 2. The van der Waals surface area contributed by atoms with Crippen molar-refractivity contribution < 1.29 is 14.6 Å². The van der Waals surface area contributed by atoms with Crippen LogP contribution in [0.1, 0.15) is 39.0 Å². The second kappa shape index (κ2) is 10.5. The maximum absolute atomic E-state index is 11.1. The molecule has 2 unspecified atom stereocenters. The van der Waals surface area contributed by atoms with E-state index in [1.807, 2.05) is 21.6 Å². The number of aliphatic hydroxyl groups is 1. The van der Waals surface area contributed by atoms with E-state index in [0.29, 0.717) is 12.1 Å². The number of esters is 1. The van der Waals surface area contributed by atoms with Gasteiger partial charge in [0.15, 0.2) is 0 Å². The van der Waals surface area contributed by atoms with E-state index in [-0.39, 0.29) is 12.6 Å². The maximum Gasteiger partial charge on any atom is 0.333 e. The summed E-state index contributed by atoms with van der Waals surface area (Å²) in [4.78, 5) is 11.1. The molecule has 1 saturated heterocycles. The highest BCUT2D eigenvalue weighted by Crippen LogP contribution is 2.39. The van der Waals surface area contributed by atoms with Crippen LogP contribution in [-0.2, 0) is 9.53 Å². The van der Waals surface area contributed by atoms with E-state index in [1.165, 1.54) is 25.0 Å². The van der Waals surface area contributed by atoms with Gasteiger partial charge in [0.1, 0.15) is 12.8 Å². The molecule has 1 rings (SSSR count). The lowest BCUT2D eigenvalue weighted by Crippen LogP contribution is -2.32. The van der Waals surface area contributed by atoms with E-state index >= 15 is 0 Å². The molecule has 0 aromatic carbocycles. The average molecular weight is 319 g/mol. The predicted molar refractivity (Wildman–Crippen MR) is 86.7 cm³/mol. The molecule has 0 aliphatic carbocycles. The molecule has 2 N–H and O–H groups in total. The summed E-state index contributed by atoms with van der Waals surface area (Å²) >= 11 is 0. The fourth-order valence-corrected chi connectivity index (χ4v) is 4.90. The van der Waals surface area contributed by atoms with Gasteiger partial charge in [-0.05, 0) is 32.6 Å². The minimum absolute atomic E-state index is 0.263. The number of hydrogen-bond acceptors (Lipinski definition) is 6. The van der Waals surface area contributed by atoms with Gasteiger partial charge in [-0.2, -0.15) is 0 Å². The first-order valence-electron chi connectivity index (χ1n) is 7.12. The third kappa shape index (κ3) is 8.19. The molecular weight excluding hydrogens is 294 g/mol. The maximum atomic E-state index is 11.1. The van der Waals surface area contributed by atoms with E-state index in [0.717, 1.165) is 18.1 Å². The molecule has 1 aliphatic rings. The zero-order valence-electron chi connectivity index (χ0n) is 12.1. The molecule has 0 saturated carbocycles. The van der Waals surface area contributed by atoms with Crippen molar-refractivity contribution in [2.75, 3.05) is 18.9 Å². The van der Waals surface area contributed by atoms with Crippen molar-refractivity contribution in [3.63, 3.8) is 0 Å². The number of carbonyl (C=O) groups is 1. The Morgan fingerprint density at radius 1 is 1.55 bits per heavy atom. The van der Waals surface area contributed by atoms with Crippen LogP contribution in [0.25, 0.3) is 0 Å². The summed E-state index contributed by atoms with van der Waals surface area (Å²) in [6, 6.07) is 0. The lowest BCUT2D eigenvalue weighted by molar-refractivity contribution is -0.138. The summed E-state index contributed by atoms with van der Waals surface area (Å²) in [5.41, 5.74) is 0.397. The molecule has 20 heavy (non-hydrogen) atoms. The molecule has 1 fully saturated rings. The van der Waals surface area contributed by atoms with Crippen molar-refractivity contribution in [3.8, 4) is 0 Å². The Kier molecular flexibility index (Phi) is 9.42. The molecule has 0 bridgehead atoms. The minimum atomic E-state index is -0.510. The predicted octanol–water partition coefficient (Wildman–Crippen LogP) is 2.73. The number of nitrogens with one attached hydrogen (secondary N) is 1. The van der Waals surface area contributed by atoms with Crippen LogP contribution >= 0.6 is 21.6 Å². The van der Waals surface area contributed by atoms with Gasteiger partial charge in [-0.3, -0.25) is 5.32 Å². The SMILES string of the molecule is C=C(C)C(=O)OCCNC(O)CCCCC1CCSS1. The second-order valence-electron chi connectivity index (χ2n) is 5.00. The molecule has 0 radical (unpaired) electrons. The number of rotatable bonds is 10. The Bertz CT molecular complexity index is 307. The van der Waals surface area contributed by atoms with Crippen LogP contribution in [0, 0.1) is 0 Å². The first kappa shape index (κ1) is 17.9. The Morgan fingerprint density at radius 3 is 3.00 bits per heavy atom. The Labute approximate surface area is 129 Å². The van der Waals surface area contributed by atoms with Crippen LogP contribution in [0.15, 0.2) is 12.2 Å². The van der Waals surface area contributed by atoms with Crippen molar-refractivity contribution >= 4 is 27.6 Å². The molecule has 0 spiro atoms. The lowest BCUT2D eigenvalue weighted by Gasteiger charge is -2.13. The zero-order valence-corrected chi connectivity index (χ0v) is 13.7. The molecule has 2 atom stereocenters. The number of unbranched alkanes of at least 4 members (excludes halogenated alkanes) is 1. The van der Waals surface area contributed by atoms with Gasteiger partial charge in [0.25, 0.3) is 0 Å². The van der Waals surface area contributed by atoms with Crippen molar-refractivity contribution in [2.45, 2.75) is 50.5 Å². The van der Waals surface area contributed by atoms with Crippen molar-refractivity contribution in [2.24, 2.45) is 0 Å². The quantitative estimate of drug-likeness (QED) is 0.212. The number of aliphatic hydroxyl groups excluding tert-OH is 1. The third-order valence-electron chi connectivity index (χ3n) is 3.04. The van der Waals surface area contributed by atoms with Gasteiger partial charge in [0.05, 0.1) is 0 Å². The first-order valence-corrected chi connectivity index (χ1v) is 9.50. The summed E-state index contributed by atoms with van der Waals surface area (Å²) in [7, 11) is 3.98. The van der Waals surface area contributed by atoms with Gasteiger partial charge in [-0.1, -0.05) is 34.6 Å². The third-order valence-corrected chi connectivity index (χ3v) is 6.05. The lowest BCUT2D eigenvalue weighted by atomic mass is 10.1. The summed E-state index contributed by atoms with van der Waals surface area (Å²) in [5.74, 6) is 0.899. The van der Waals surface area contributed by atoms with Crippen molar-refractivity contribution in [3.05, 3.63) is 12.2 Å². The molecule has 0 amide bonds. The highest BCUT2D eigenvalue weighted by atomic mass is 33.1. The van der Waals surface area contributed by atoms with E-state index in [2.05, 4.69) is 11.9 Å². The van der Waals surface area contributed by atoms with Gasteiger partial charge in [0, 0.05) is 23.1 Å². The van der Waals surface area contributed by atoms with Crippen LogP contribution in [0.2, 0.25) is 0 Å². The molecule has 1 heterocycles. The fourth-order valence-electron chi connectivity index (χ4n) is 1.87. The minimum Gasteiger partial charge on any atom is -0.461 e. The molecule has 6 heteroatoms.